The van der Waals surface area contributed by atoms with Crippen LogP contribution >= 0.6 is 0 Å². The summed E-state index contributed by atoms with van der Waals surface area (Å²) in [5.74, 6) is 0.528. The Labute approximate surface area is 160 Å². The highest BCUT2D eigenvalue weighted by atomic mass is 32.2. The molecule has 0 aliphatic heterocycles. The molecule has 1 amide bonds. The molecule has 146 valence electrons. The smallest absolute Gasteiger partial charge is 0.303 e. The van der Waals surface area contributed by atoms with Gasteiger partial charge in [0, 0.05) is 33.3 Å². The Kier molecular flexibility index (Phi) is 6.81. The summed E-state index contributed by atoms with van der Waals surface area (Å²) in [5.41, 5.74) is 1.86. The molecule has 0 saturated heterocycles. The predicted molar refractivity (Wildman–Crippen MR) is 106 cm³/mol. The summed E-state index contributed by atoms with van der Waals surface area (Å²) in [4.78, 5) is 12.3. The first kappa shape index (κ1) is 20.7. The molecule has 0 fully saturated rings. The summed E-state index contributed by atoms with van der Waals surface area (Å²) in [6.45, 7) is 2.87. The number of rotatable bonds is 8. The van der Waals surface area contributed by atoms with Crippen molar-refractivity contribution < 1.29 is 17.9 Å². The van der Waals surface area contributed by atoms with Gasteiger partial charge in [-0.3, -0.25) is 9.10 Å². The Bertz CT molecular complexity index is 880. The largest absolute Gasteiger partial charge is 0.494 e. The van der Waals surface area contributed by atoms with E-state index >= 15 is 0 Å². The fourth-order valence-electron chi connectivity index (χ4n) is 2.40. The molecule has 0 aliphatic carbocycles. The van der Waals surface area contributed by atoms with Crippen LogP contribution in [-0.2, 0) is 16.8 Å². The van der Waals surface area contributed by atoms with E-state index in [0.29, 0.717) is 24.4 Å². The monoisotopic (exact) mass is 391 g/mol. The van der Waals surface area contributed by atoms with Crippen LogP contribution in [0.15, 0.2) is 48.5 Å². The molecule has 0 aromatic heterocycles. The van der Waals surface area contributed by atoms with Crippen molar-refractivity contribution in [3.63, 3.8) is 0 Å². The molecule has 0 unspecified atom stereocenters. The van der Waals surface area contributed by atoms with Crippen molar-refractivity contribution in [1.82, 2.24) is 9.62 Å². The zero-order valence-corrected chi connectivity index (χ0v) is 16.8. The number of benzene rings is 2. The van der Waals surface area contributed by atoms with Crippen LogP contribution in [0.3, 0.4) is 0 Å². The van der Waals surface area contributed by atoms with Gasteiger partial charge in [0.2, 0.25) is 0 Å². The Morgan fingerprint density at radius 1 is 1.07 bits per heavy atom. The Morgan fingerprint density at radius 3 is 2.33 bits per heavy atom. The second-order valence-corrected chi connectivity index (χ2v) is 8.24. The third-order valence-electron chi connectivity index (χ3n) is 3.96. The van der Waals surface area contributed by atoms with E-state index in [1.165, 1.54) is 21.1 Å². The molecule has 0 bridgehead atoms. The van der Waals surface area contributed by atoms with E-state index < -0.39 is 10.2 Å². The van der Waals surface area contributed by atoms with Crippen molar-refractivity contribution >= 4 is 21.8 Å². The highest BCUT2D eigenvalue weighted by Crippen LogP contribution is 2.18. The van der Waals surface area contributed by atoms with Gasteiger partial charge in [0.1, 0.15) is 5.75 Å². The molecule has 0 heterocycles. The first-order valence-electron chi connectivity index (χ1n) is 8.52. The van der Waals surface area contributed by atoms with Gasteiger partial charge in [-0.25, -0.2) is 0 Å². The summed E-state index contributed by atoms with van der Waals surface area (Å²) in [7, 11) is 0.837. The molecule has 0 aliphatic rings. The lowest BCUT2D eigenvalue weighted by Gasteiger charge is -2.23. The van der Waals surface area contributed by atoms with Crippen molar-refractivity contribution in [3.05, 3.63) is 59.7 Å². The van der Waals surface area contributed by atoms with Crippen molar-refractivity contribution in [2.24, 2.45) is 0 Å². The van der Waals surface area contributed by atoms with Gasteiger partial charge in [0.05, 0.1) is 12.3 Å². The van der Waals surface area contributed by atoms with E-state index in [-0.39, 0.29) is 5.91 Å². The number of carbonyl (C=O) groups is 1. The lowest BCUT2D eigenvalue weighted by Crippen LogP contribution is -2.37. The normalized spacial score (nSPS) is 11.3. The van der Waals surface area contributed by atoms with Crippen LogP contribution in [0.25, 0.3) is 0 Å². The first-order chi connectivity index (χ1) is 12.8. The van der Waals surface area contributed by atoms with E-state index in [1.54, 1.807) is 24.3 Å². The Morgan fingerprint density at radius 2 is 1.74 bits per heavy atom. The van der Waals surface area contributed by atoms with Gasteiger partial charge in [-0.2, -0.15) is 12.7 Å². The van der Waals surface area contributed by atoms with Gasteiger partial charge in [0.15, 0.2) is 0 Å². The summed E-state index contributed by atoms with van der Waals surface area (Å²) in [6.07, 6.45) is 0. The maximum atomic E-state index is 12.3. The fourth-order valence-corrected chi connectivity index (χ4v) is 3.28. The number of anilines is 1. The summed E-state index contributed by atoms with van der Waals surface area (Å²) < 4.78 is 32.0. The number of ether oxygens (including phenoxy) is 1. The van der Waals surface area contributed by atoms with Crippen molar-refractivity contribution in [2.75, 3.05) is 32.1 Å². The summed E-state index contributed by atoms with van der Waals surface area (Å²) >= 11 is 0. The quantitative estimate of drug-likeness (QED) is 0.749. The number of hydrogen-bond acceptors (Lipinski definition) is 4. The molecule has 0 spiro atoms. The summed E-state index contributed by atoms with van der Waals surface area (Å²) in [6, 6.07) is 13.9. The van der Waals surface area contributed by atoms with Crippen LogP contribution in [0, 0.1) is 0 Å². The molecule has 0 radical (unpaired) electrons. The van der Waals surface area contributed by atoms with Crippen LogP contribution < -0.4 is 14.4 Å². The van der Waals surface area contributed by atoms with Crippen LogP contribution in [0.2, 0.25) is 0 Å². The maximum Gasteiger partial charge on any atom is 0.303 e. The molecule has 27 heavy (non-hydrogen) atoms. The number of hydrogen-bond donors (Lipinski definition) is 1. The van der Waals surface area contributed by atoms with E-state index in [0.717, 1.165) is 19.9 Å². The minimum atomic E-state index is -3.56. The second kappa shape index (κ2) is 8.88. The standard InChI is InChI=1S/C19H25N3O4S/c1-5-26-18-8-6-7-15(13-18)14-20-19(23)16-9-11-17(12-10-16)22(4)27(24,25)21(2)3/h6-13H,5,14H2,1-4H3,(H,20,23). The van der Waals surface area contributed by atoms with Crippen LogP contribution in [0.5, 0.6) is 5.75 Å². The predicted octanol–water partition coefficient (Wildman–Crippen LogP) is 2.26. The lowest BCUT2D eigenvalue weighted by atomic mass is 10.1. The van der Waals surface area contributed by atoms with E-state index in [1.807, 2.05) is 31.2 Å². The van der Waals surface area contributed by atoms with Crippen molar-refractivity contribution in [1.29, 1.82) is 0 Å². The molecule has 0 saturated carbocycles. The molecule has 2 aromatic carbocycles. The molecule has 8 heteroatoms. The number of amides is 1. The molecule has 2 rings (SSSR count). The average Bonchev–Trinajstić information content (AvgIpc) is 2.66. The highest BCUT2D eigenvalue weighted by Gasteiger charge is 2.21. The van der Waals surface area contributed by atoms with Gasteiger partial charge in [-0.1, -0.05) is 12.1 Å². The SMILES string of the molecule is CCOc1cccc(CNC(=O)c2ccc(N(C)S(=O)(=O)N(C)C)cc2)c1. The van der Waals surface area contributed by atoms with E-state index in [9.17, 15) is 13.2 Å². The fraction of sp³-hybridized carbons (Fsp3) is 0.316. The van der Waals surface area contributed by atoms with Gasteiger partial charge in [0.25, 0.3) is 5.91 Å². The van der Waals surface area contributed by atoms with Crippen LogP contribution in [0.1, 0.15) is 22.8 Å². The summed E-state index contributed by atoms with van der Waals surface area (Å²) in [5, 5.41) is 2.85. The van der Waals surface area contributed by atoms with E-state index in [4.69, 9.17) is 4.74 Å². The molecular weight excluding hydrogens is 366 g/mol. The first-order valence-corrected chi connectivity index (χ1v) is 9.91. The van der Waals surface area contributed by atoms with Crippen molar-refractivity contribution in [3.8, 4) is 5.75 Å². The topological polar surface area (TPSA) is 79.0 Å². The molecule has 7 nitrogen and oxygen atoms in total. The van der Waals surface area contributed by atoms with Crippen molar-refractivity contribution in [2.45, 2.75) is 13.5 Å². The average molecular weight is 391 g/mol. The highest BCUT2D eigenvalue weighted by molar-refractivity contribution is 7.90. The third-order valence-corrected chi connectivity index (χ3v) is 5.79. The second-order valence-electron chi connectivity index (χ2n) is 6.07. The molecule has 1 N–H and O–H groups in total. The van der Waals surface area contributed by atoms with Gasteiger partial charge < -0.3 is 10.1 Å². The van der Waals surface area contributed by atoms with E-state index in [2.05, 4.69) is 5.32 Å². The minimum absolute atomic E-state index is 0.235. The maximum absolute atomic E-state index is 12.3. The van der Waals surface area contributed by atoms with Gasteiger partial charge >= 0.3 is 10.2 Å². The lowest BCUT2D eigenvalue weighted by molar-refractivity contribution is 0.0951. The van der Waals surface area contributed by atoms with Gasteiger partial charge in [-0.05, 0) is 48.9 Å². The van der Waals surface area contributed by atoms with Crippen LogP contribution in [0.4, 0.5) is 5.69 Å². The Hall–Kier alpha value is -2.58. The molecule has 0 atom stereocenters. The third kappa shape index (κ3) is 5.21. The number of nitrogens with zero attached hydrogens (tertiary/aromatic N) is 2. The zero-order chi connectivity index (χ0) is 20.0. The van der Waals surface area contributed by atoms with Crippen LogP contribution in [-0.4, -0.2) is 46.4 Å². The zero-order valence-electron chi connectivity index (χ0n) is 16.0. The number of nitrogens with one attached hydrogen (secondary N) is 1. The number of carbonyl (C=O) groups excluding carboxylic acids is 1. The van der Waals surface area contributed by atoms with Gasteiger partial charge in [-0.15, -0.1) is 0 Å². The molecular formula is C19H25N3O4S. The molecule has 2 aromatic rings. The minimum Gasteiger partial charge on any atom is -0.494 e. The Balaban J connectivity index is 2.02.